The van der Waals surface area contributed by atoms with Crippen molar-refractivity contribution >= 4 is 21.7 Å². The molecule has 0 unspecified atom stereocenters. The first-order valence-corrected chi connectivity index (χ1v) is 6.46. The molecule has 102 valence electrons. The van der Waals surface area contributed by atoms with E-state index in [9.17, 15) is 0 Å². The fourth-order valence-electron chi connectivity index (χ4n) is 1.20. The number of ether oxygens (including phenoxy) is 3. The van der Waals surface area contributed by atoms with Crippen LogP contribution >= 0.6 is 15.9 Å². The third kappa shape index (κ3) is 5.16. The topological polar surface area (TPSA) is 65.5 Å². The Bertz CT molecular complexity index is 352. The van der Waals surface area contributed by atoms with Gasteiger partial charge in [0.2, 0.25) is 5.88 Å². The van der Waals surface area contributed by atoms with Gasteiger partial charge in [-0.25, -0.2) is 9.97 Å². The van der Waals surface area contributed by atoms with E-state index < -0.39 is 0 Å². The summed E-state index contributed by atoms with van der Waals surface area (Å²) >= 11 is 3.38. The molecule has 0 bridgehead atoms. The number of nitrogens with one attached hydrogen (secondary N) is 1. The highest BCUT2D eigenvalue weighted by atomic mass is 79.9. The van der Waals surface area contributed by atoms with E-state index in [0.717, 1.165) is 10.9 Å². The predicted molar refractivity (Wildman–Crippen MR) is 72.1 cm³/mol. The third-order valence-electron chi connectivity index (χ3n) is 2.10. The Morgan fingerprint density at radius 1 is 1.22 bits per heavy atom. The minimum Gasteiger partial charge on any atom is -0.477 e. The van der Waals surface area contributed by atoms with Crippen LogP contribution in [0.3, 0.4) is 0 Å². The van der Waals surface area contributed by atoms with Crippen molar-refractivity contribution in [2.45, 2.75) is 6.42 Å². The normalized spacial score (nSPS) is 10.4. The molecule has 0 amide bonds. The number of hydrogen-bond acceptors (Lipinski definition) is 6. The predicted octanol–water partition coefficient (Wildman–Crippen LogP) is 1.71. The molecular weight excluding hydrogens is 302 g/mol. The standard InChI is InChI=1S/C11H18BrN3O3/c1-13-10-9(12)11(15-8-14-10)18-5-3-4-17-7-6-16-2/h8H,3-7H2,1-2H3,(H,13,14,15). The summed E-state index contributed by atoms with van der Waals surface area (Å²) in [6, 6.07) is 0. The SMILES string of the molecule is CNc1ncnc(OCCCOCCOC)c1Br. The molecule has 1 N–H and O–H groups in total. The fraction of sp³-hybridized carbons (Fsp3) is 0.636. The van der Waals surface area contributed by atoms with E-state index in [4.69, 9.17) is 14.2 Å². The first-order chi connectivity index (χ1) is 8.79. The molecule has 0 aliphatic rings. The quantitative estimate of drug-likeness (QED) is 0.699. The largest absolute Gasteiger partial charge is 0.477 e. The number of hydrogen-bond donors (Lipinski definition) is 1. The van der Waals surface area contributed by atoms with Crippen molar-refractivity contribution in [1.29, 1.82) is 0 Å². The zero-order chi connectivity index (χ0) is 13.2. The summed E-state index contributed by atoms with van der Waals surface area (Å²) in [6.45, 7) is 2.41. The van der Waals surface area contributed by atoms with E-state index in [-0.39, 0.29) is 0 Å². The maximum Gasteiger partial charge on any atom is 0.233 e. The van der Waals surface area contributed by atoms with Crippen LogP contribution in [0.2, 0.25) is 0 Å². The second-order valence-electron chi connectivity index (χ2n) is 3.40. The number of nitrogens with zero attached hydrogens (tertiary/aromatic N) is 2. The fourth-order valence-corrected chi connectivity index (χ4v) is 1.72. The van der Waals surface area contributed by atoms with Gasteiger partial charge in [0.05, 0.1) is 19.8 Å². The average Bonchev–Trinajstić information content (AvgIpc) is 2.39. The molecule has 0 saturated heterocycles. The molecule has 0 spiro atoms. The summed E-state index contributed by atoms with van der Waals surface area (Å²) in [6.07, 6.45) is 2.26. The van der Waals surface area contributed by atoms with Gasteiger partial charge in [-0.2, -0.15) is 0 Å². The van der Waals surface area contributed by atoms with Crippen LogP contribution in [0.5, 0.6) is 5.88 Å². The molecule has 0 atom stereocenters. The Morgan fingerprint density at radius 3 is 2.78 bits per heavy atom. The highest BCUT2D eigenvalue weighted by molar-refractivity contribution is 9.10. The average molecular weight is 320 g/mol. The lowest BCUT2D eigenvalue weighted by Crippen LogP contribution is -2.08. The molecule has 1 heterocycles. The second-order valence-corrected chi connectivity index (χ2v) is 4.19. The van der Waals surface area contributed by atoms with Gasteiger partial charge >= 0.3 is 0 Å². The molecule has 18 heavy (non-hydrogen) atoms. The van der Waals surface area contributed by atoms with Gasteiger partial charge in [-0.3, -0.25) is 0 Å². The van der Waals surface area contributed by atoms with Crippen molar-refractivity contribution in [2.24, 2.45) is 0 Å². The van der Waals surface area contributed by atoms with Crippen molar-refractivity contribution in [3.05, 3.63) is 10.8 Å². The molecule has 1 rings (SSSR count). The Balaban J connectivity index is 2.23. The first kappa shape index (κ1) is 15.1. The van der Waals surface area contributed by atoms with Gasteiger partial charge in [-0.1, -0.05) is 0 Å². The van der Waals surface area contributed by atoms with Gasteiger partial charge in [0, 0.05) is 27.2 Å². The summed E-state index contributed by atoms with van der Waals surface area (Å²) in [7, 11) is 3.44. The molecule has 1 aromatic heterocycles. The zero-order valence-corrected chi connectivity index (χ0v) is 12.2. The summed E-state index contributed by atoms with van der Waals surface area (Å²) in [5, 5.41) is 2.94. The van der Waals surface area contributed by atoms with Gasteiger partial charge in [0.25, 0.3) is 0 Å². The highest BCUT2D eigenvalue weighted by Crippen LogP contribution is 2.27. The van der Waals surface area contributed by atoms with Gasteiger partial charge in [-0.05, 0) is 15.9 Å². The molecule has 1 aromatic rings. The second kappa shape index (κ2) is 9.07. The maximum atomic E-state index is 5.54. The Labute approximate surface area is 115 Å². The van der Waals surface area contributed by atoms with E-state index in [0.29, 0.717) is 38.1 Å². The minimum absolute atomic E-state index is 0.534. The van der Waals surface area contributed by atoms with Crippen LogP contribution < -0.4 is 10.1 Å². The Hall–Kier alpha value is -0.920. The lowest BCUT2D eigenvalue weighted by atomic mass is 10.5. The van der Waals surface area contributed by atoms with Gasteiger partial charge in [0.1, 0.15) is 16.6 Å². The number of anilines is 1. The molecule has 7 heteroatoms. The van der Waals surface area contributed by atoms with E-state index in [2.05, 4.69) is 31.2 Å². The smallest absolute Gasteiger partial charge is 0.233 e. The highest BCUT2D eigenvalue weighted by Gasteiger charge is 2.07. The number of methoxy groups -OCH3 is 1. The number of aromatic nitrogens is 2. The summed E-state index contributed by atoms with van der Waals surface area (Å²) in [5.74, 6) is 1.24. The van der Waals surface area contributed by atoms with Crippen LogP contribution in [0.25, 0.3) is 0 Å². The lowest BCUT2D eigenvalue weighted by Gasteiger charge is -2.09. The number of rotatable bonds is 9. The van der Waals surface area contributed by atoms with E-state index >= 15 is 0 Å². The van der Waals surface area contributed by atoms with Crippen molar-refractivity contribution in [3.63, 3.8) is 0 Å². The molecule has 0 saturated carbocycles. The van der Waals surface area contributed by atoms with Crippen LogP contribution in [0, 0.1) is 0 Å². The van der Waals surface area contributed by atoms with Crippen molar-refractivity contribution in [1.82, 2.24) is 9.97 Å². The van der Waals surface area contributed by atoms with Crippen LogP contribution in [0.15, 0.2) is 10.8 Å². The van der Waals surface area contributed by atoms with Crippen LogP contribution in [-0.2, 0) is 9.47 Å². The summed E-state index contributed by atoms with van der Waals surface area (Å²) < 4.78 is 16.5. The summed E-state index contributed by atoms with van der Waals surface area (Å²) in [4.78, 5) is 8.10. The van der Waals surface area contributed by atoms with E-state index in [1.165, 1.54) is 6.33 Å². The van der Waals surface area contributed by atoms with Crippen molar-refractivity contribution in [2.75, 3.05) is 45.9 Å². The van der Waals surface area contributed by atoms with Gasteiger partial charge < -0.3 is 19.5 Å². The monoisotopic (exact) mass is 319 g/mol. The minimum atomic E-state index is 0.534. The van der Waals surface area contributed by atoms with Crippen LogP contribution in [0.1, 0.15) is 6.42 Å². The van der Waals surface area contributed by atoms with Crippen molar-refractivity contribution < 1.29 is 14.2 Å². The maximum absolute atomic E-state index is 5.54. The molecule has 0 aliphatic carbocycles. The molecule has 0 aliphatic heterocycles. The number of halogens is 1. The molecule has 6 nitrogen and oxygen atoms in total. The summed E-state index contributed by atoms with van der Waals surface area (Å²) in [5.41, 5.74) is 0. The lowest BCUT2D eigenvalue weighted by molar-refractivity contribution is 0.0641. The Morgan fingerprint density at radius 2 is 2.06 bits per heavy atom. The molecular formula is C11H18BrN3O3. The third-order valence-corrected chi connectivity index (χ3v) is 2.81. The molecule has 0 aromatic carbocycles. The van der Waals surface area contributed by atoms with Gasteiger partial charge in [0.15, 0.2) is 0 Å². The van der Waals surface area contributed by atoms with Crippen molar-refractivity contribution in [3.8, 4) is 5.88 Å². The molecule has 0 fully saturated rings. The van der Waals surface area contributed by atoms with E-state index in [1.54, 1.807) is 14.2 Å². The first-order valence-electron chi connectivity index (χ1n) is 5.67. The van der Waals surface area contributed by atoms with E-state index in [1.807, 2.05) is 0 Å². The van der Waals surface area contributed by atoms with Crippen LogP contribution in [0.4, 0.5) is 5.82 Å². The Kier molecular flexibility index (Phi) is 7.63. The molecule has 0 radical (unpaired) electrons. The zero-order valence-electron chi connectivity index (χ0n) is 10.6. The van der Waals surface area contributed by atoms with Gasteiger partial charge in [-0.15, -0.1) is 0 Å². The van der Waals surface area contributed by atoms with Crippen LogP contribution in [-0.4, -0.2) is 50.6 Å².